The molecular formula is C19H23N3O2. The van der Waals surface area contributed by atoms with Crippen molar-refractivity contribution >= 4 is 5.91 Å². The highest BCUT2D eigenvalue weighted by atomic mass is 16.5. The van der Waals surface area contributed by atoms with Crippen molar-refractivity contribution in [2.24, 2.45) is 0 Å². The summed E-state index contributed by atoms with van der Waals surface area (Å²) in [7, 11) is 1.63. The maximum atomic E-state index is 12.4. The molecule has 5 nitrogen and oxygen atoms in total. The first-order valence-electron chi connectivity index (χ1n) is 8.37. The van der Waals surface area contributed by atoms with Gasteiger partial charge in [0, 0.05) is 11.6 Å². The number of aromatic nitrogens is 2. The van der Waals surface area contributed by atoms with Crippen LogP contribution in [0.15, 0.2) is 42.0 Å². The molecule has 0 aliphatic heterocycles. The van der Waals surface area contributed by atoms with Gasteiger partial charge in [-0.05, 0) is 50.8 Å². The zero-order valence-corrected chi connectivity index (χ0v) is 14.1. The van der Waals surface area contributed by atoms with E-state index in [0.29, 0.717) is 5.69 Å². The van der Waals surface area contributed by atoms with E-state index in [1.54, 1.807) is 13.2 Å². The number of aromatic amines is 1. The fourth-order valence-electron chi connectivity index (χ4n) is 2.99. The Balaban J connectivity index is 1.70. The predicted octanol–water partition coefficient (Wildman–Crippen LogP) is 3.70. The van der Waals surface area contributed by atoms with Gasteiger partial charge in [-0.15, -0.1) is 0 Å². The molecule has 0 bridgehead atoms. The Morgan fingerprint density at radius 3 is 2.96 bits per heavy atom. The molecule has 24 heavy (non-hydrogen) atoms. The van der Waals surface area contributed by atoms with Gasteiger partial charge in [0.15, 0.2) is 0 Å². The zero-order chi connectivity index (χ0) is 16.9. The van der Waals surface area contributed by atoms with Gasteiger partial charge in [-0.3, -0.25) is 9.89 Å². The van der Waals surface area contributed by atoms with Crippen molar-refractivity contribution in [3.8, 4) is 17.0 Å². The fraction of sp³-hybridized carbons (Fsp3) is 0.368. The maximum Gasteiger partial charge on any atom is 0.269 e. The molecule has 1 aromatic carbocycles. The highest BCUT2D eigenvalue weighted by Gasteiger charge is 2.17. The molecule has 1 aliphatic carbocycles. The number of methoxy groups -OCH3 is 1. The molecule has 0 saturated carbocycles. The summed E-state index contributed by atoms with van der Waals surface area (Å²) in [6.07, 6.45) is 6.88. The van der Waals surface area contributed by atoms with Gasteiger partial charge in [-0.1, -0.05) is 23.8 Å². The minimum Gasteiger partial charge on any atom is -0.497 e. The molecule has 2 N–H and O–H groups in total. The minimum absolute atomic E-state index is 0.0568. The normalized spacial score (nSPS) is 15.5. The first-order chi connectivity index (χ1) is 11.7. The smallest absolute Gasteiger partial charge is 0.269 e. The minimum atomic E-state index is -0.129. The Kier molecular flexibility index (Phi) is 4.99. The van der Waals surface area contributed by atoms with Crippen molar-refractivity contribution in [1.29, 1.82) is 0 Å². The molecule has 0 spiro atoms. The zero-order valence-electron chi connectivity index (χ0n) is 14.1. The second kappa shape index (κ2) is 7.34. The molecule has 0 saturated heterocycles. The van der Waals surface area contributed by atoms with E-state index in [9.17, 15) is 4.79 Å². The van der Waals surface area contributed by atoms with E-state index < -0.39 is 0 Å². The number of benzene rings is 1. The summed E-state index contributed by atoms with van der Waals surface area (Å²) in [6, 6.07) is 9.44. The molecule has 1 aliphatic rings. The Morgan fingerprint density at radius 2 is 2.21 bits per heavy atom. The topological polar surface area (TPSA) is 67.0 Å². The lowest BCUT2D eigenvalue weighted by atomic mass is 9.95. The number of nitrogens with one attached hydrogen (secondary N) is 2. The number of rotatable bonds is 5. The van der Waals surface area contributed by atoms with E-state index in [-0.39, 0.29) is 11.9 Å². The van der Waals surface area contributed by atoms with Crippen LogP contribution in [0, 0.1) is 0 Å². The van der Waals surface area contributed by atoms with E-state index in [0.717, 1.165) is 29.8 Å². The summed E-state index contributed by atoms with van der Waals surface area (Å²) in [5.41, 5.74) is 3.43. The monoisotopic (exact) mass is 325 g/mol. The van der Waals surface area contributed by atoms with Crippen molar-refractivity contribution in [1.82, 2.24) is 15.5 Å². The standard InChI is InChI=1S/C19H23N3O2/c1-13(14-7-4-3-5-8-14)20-19(23)18-12-17(21-22-18)15-9-6-10-16(11-15)24-2/h6-7,9-13H,3-5,8H2,1-2H3,(H,20,23)(H,21,22). The number of carbonyl (C=O) groups excluding carboxylic acids is 1. The Hall–Kier alpha value is -2.56. The van der Waals surface area contributed by atoms with E-state index in [1.807, 2.05) is 31.2 Å². The number of nitrogens with zero attached hydrogens (tertiary/aromatic N) is 1. The van der Waals surface area contributed by atoms with Crippen LogP contribution >= 0.6 is 0 Å². The van der Waals surface area contributed by atoms with Crippen molar-refractivity contribution in [2.45, 2.75) is 38.6 Å². The van der Waals surface area contributed by atoms with Gasteiger partial charge in [0.2, 0.25) is 0 Å². The van der Waals surface area contributed by atoms with E-state index in [2.05, 4.69) is 21.6 Å². The molecule has 0 fully saturated rings. The molecule has 1 unspecified atom stereocenters. The second-order valence-corrected chi connectivity index (χ2v) is 6.12. The van der Waals surface area contributed by atoms with Gasteiger partial charge in [0.05, 0.1) is 12.8 Å². The van der Waals surface area contributed by atoms with Crippen LogP contribution in [0.1, 0.15) is 43.1 Å². The SMILES string of the molecule is COc1cccc(-c2cc(C(=O)NC(C)C3=CCCCC3)[nH]n2)c1. The van der Waals surface area contributed by atoms with Crippen LogP contribution in [0.5, 0.6) is 5.75 Å². The lowest BCUT2D eigenvalue weighted by molar-refractivity contribution is 0.0939. The lowest BCUT2D eigenvalue weighted by Crippen LogP contribution is -2.34. The average Bonchev–Trinajstić information content (AvgIpc) is 3.13. The van der Waals surface area contributed by atoms with Crippen LogP contribution in [0.2, 0.25) is 0 Å². The summed E-state index contributed by atoms with van der Waals surface area (Å²) in [6.45, 7) is 2.04. The molecule has 1 atom stereocenters. The van der Waals surface area contributed by atoms with Gasteiger partial charge < -0.3 is 10.1 Å². The molecule has 126 valence electrons. The van der Waals surface area contributed by atoms with Crippen molar-refractivity contribution < 1.29 is 9.53 Å². The summed E-state index contributed by atoms with van der Waals surface area (Å²) in [4.78, 5) is 12.4. The quantitative estimate of drug-likeness (QED) is 0.824. The average molecular weight is 325 g/mol. The molecule has 1 aromatic heterocycles. The van der Waals surface area contributed by atoms with Gasteiger partial charge in [-0.2, -0.15) is 5.10 Å². The van der Waals surface area contributed by atoms with Crippen LogP contribution in [-0.4, -0.2) is 29.3 Å². The van der Waals surface area contributed by atoms with Gasteiger partial charge in [0.1, 0.15) is 11.4 Å². The third-order valence-electron chi connectivity index (χ3n) is 4.42. The molecule has 5 heteroatoms. The molecular weight excluding hydrogens is 302 g/mol. The Bertz CT molecular complexity index is 749. The first-order valence-corrected chi connectivity index (χ1v) is 8.37. The summed E-state index contributed by atoms with van der Waals surface area (Å²) in [5, 5.41) is 10.1. The van der Waals surface area contributed by atoms with Crippen LogP contribution in [0.4, 0.5) is 0 Å². The number of hydrogen-bond donors (Lipinski definition) is 2. The van der Waals surface area contributed by atoms with Crippen LogP contribution in [0.3, 0.4) is 0 Å². The number of ether oxygens (including phenoxy) is 1. The Labute approximate surface area is 142 Å². The summed E-state index contributed by atoms with van der Waals surface area (Å²) >= 11 is 0. The summed E-state index contributed by atoms with van der Waals surface area (Å²) < 4.78 is 5.23. The third kappa shape index (κ3) is 3.67. The van der Waals surface area contributed by atoms with Gasteiger partial charge in [0.25, 0.3) is 5.91 Å². The highest BCUT2D eigenvalue weighted by Crippen LogP contribution is 2.23. The molecule has 2 aromatic rings. The first kappa shape index (κ1) is 16.3. The maximum absolute atomic E-state index is 12.4. The number of amides is 1. The molecule has 3 rings (SSSR count). The van der Waals surface area contributed by atoms with Gasteiger partial charge in [-0.25, -0.2) is 0 Å². The number of H-pyrrole nitrogens is 1. The largest absolute Gasteiger partial charge is 0.497 e. The molecule has 1 amide bonds. The fourth-order valence-corrected chi connectivity index (χ4v) is 2.99. The van der Waals surface area contributed by atoms with Gasteiger partial charge >= 0.3 is 0 Å². The molecule has 0 radical (unpaired) electrons. The predicted molar refractivity (Wildman–Crippen MR) is 94.1 cm³/mol. The van der Waals surface area contributed by atoms with E-state index in [1.165, 1.54) is 18.4 Å². The number of carbonyl (C=O) groups is 1. The van der Waals surface area contributed by atoms with Crippen molar-refractivity contribution in [2.75, 3.05) is 7.11 Å². The van der Waals surface area contributed by atoms with Crippen molar-refractivity contribution in [3.05, 3.63) is 47.7 Å². The highest BCUT2D eigenvalue weighted by molar-refractivity contribution is 5.93. The summed E-state index contributed by atoms with van der Waals surface area (Å²) in [5.74, 6) is 0.634. The molecule has 1 heterocycles. The van der Waals surface area contributed by atoms with Crippen LogP contribution in [0.25, 0.3) is 11.3 Å². The number of hydrogen-bond acceptors (Lipinski definition) is 3. The Morgan fingerprint density at radius 1 is 1.33 bits per heavy atom. The van der Waals surface area contributed by atoms with E-state index >= 15 is 0 Å². The van der Waals surface area contributed by atoms with Crippen LogP contribution < -0.4 is 10.1 Å². The lowest BCUT2D eigenvalue weighted by Gasteiger charge is -2.20. The van der Waals surface area contributed by atoms with E-state index in [4.69, 9.17) is 4.74 Å². The van der Waals surface area contributed by atoms with Crippen LogP contribution in [-0.2, 0) is 0 Å². The third-order valence-corrected chi connectivity index (χ3v) is 4.42. The number of allylic oxidation sites excluding steroid dienone is 1. The second-order valence-electron chi connectivity index (χ2n) is 6.12. The van der Waals surface area contributed by atoms with Crippen molar-refractivity contribution in [3.63, 3.8) is 0 Å².